The highest BCUT2D eigenvalue weighted by atomic mass is 16.5. The van der Waals surface area contributed by atoms with Crippen molar-refractivity contribution in [2.24, 2.45) is 0 Å². The van der Waals surface area contributed by atoms with E-state index in [0.717, 1.165) is 39.0 Å². The first-order valence-corrected chi connectivity index (χ1v) is 9.13. The van der Waals surface area contributed by atoms with E-state index in [9.17, 15) is 9.59 Å². The summed E-state index contributed by atoms with van der Waals surface area (Å²) in [7, 11) is 0. The summed E-state index contributed by atoms with van der Waals surface area (Å²) < 4.78 is 5.29. The molecular formula is C19H29N3O3. The summed E-state index contributed by atoms with van der Waals surface area (Å²) in [5, 5.41) is 2.90. The lowest BCUT2D eigenvalue weighted by Gasteiger charge is -2.25. The molecule has 138 valence electrons. The van der Waals surface area contributed by atoms with Crippen molar-refractivity contribution in [3.05, 3.63) is 29.8 Å². The maximum Gasteiger partial charge on any atom is 0.253 e. The Balaban J connectivity index is 1.97. The summed E-state index contributed by atoms with van der Waals surface area (Å²) in [6.07, 6.45) is 1.86. The number of ether oxygens (including phenoxy) is 1. The van der Waals surface area contributed by atoms with Gasteiger partial charge in [-0.05, 0) is 31.0 Å². The smallest absolute Gasteiger partial charge is 0.253 e. The predicted octanol–water partition coefficient (Wildman–Crippen LogP) is 2.22. The van der Waals surface area contributed by atoms with Gasteiger partial charge in [0.1, 0.15) is 0 Å². The molecule has 6 heteroatoms. The molecule has 0 aromatic heterocycles. The second kappa shape index (κ2) is 10.2. The fourth-order valence-corrected chi connectivity index (χ4v) is 2.93. The van der Waals surface area contributed by atoms with Gasteiger partial charge in [0.25, 0.3) is 5.91 Å². The van der Waals surface area contributed by atoms with Crippen molar-refractivity contribution in [1.29, 1.82) is 0 Å². The number of nitrogens with one attached hydrogen (secondary N) is 1. The highest BCUT2D eigenvalue weighted by Crippen LogP contribution is 2.14. The molecular weight excluding hydrogens is 318 g/mol. The Morgan fingerprint density at radius 1 is 1.16 bits per heavy atom. The largest absolute Gasteiger partial charge is 0.379 e. The van der Waals surface area contributed by atoms with Crippen molar-refractivity contribution in [2.75, 3.05) is 51.3 Å². The second-order valence-corrected chi connectivity index (χ2v) is 6.31. The molecule has 0 radical (unpaired) electrons. The normalized spacial score (nSPS) is 15.0. The Morgan fingerprint density at radius 3 is 2.48 bits per heavy atom. The van der Waals surface area contributed by atoms with Crippen LogP contribution in [0, 0.1) is 0 Å². The minimum Gasteiger partial charge on any atom is -0.379 e. The molecule has 0 aliphatic carbocycles. The lowest BCUT2D eigenvalue weighted by atomic mass is 10.1. The number of nitrogens with zero attached hydrogens (tertiary/aromatic N) is 2. The lowest BCUT2D eigenvalue weighted by molar-refractivity contribution is -0.118. The number of benzene rings is 1. The van der Waals surface area contributed by atoms with E-state index in [1.807, 2.05) is 17.0 Å². The van der Waals surface area contributed by atoms with E-state index in [-0.39, 0.29) is 11.8 Å². The number of morpholine rings is 1. The molecule has 0 spiro atoms. The third kappa shape index (κ3) is 6.14. The van der Waals surface area contributed by atoms with Gasteiger partial charge in [-0.1, -0.05) is 19.9 Å². The fraction of sp³-hybridized carbons (Fsp3) is 0.579. The van der Waals surface area contributed by atoms with Crippen LogP contribution in [-0.4, -0.2) is 67.6 Å². The minimum absolute atomic E-state index is 0.0213. The van der Waals surface area contributed by atoms with Crippen LogP contribution in [0.2, 0.25) is 0 Å². The second-order valence-electron chi connectivity index (χ2n) is 6.31. The Morgan fingerprint density at radius 2 is 1.84 bits per heavy atom. The van der Waals surface area contributed by atoms with Crippen LogP contribution in [0.1, 0.15) is 37.0 Å². The molecule has 1 aliphatic rings. The van der Waals surface area contributed by atoms with Crippen molar-refractivity contribution in [1.82, 2.24) is 9.80 Å². The van der Waals surface area contributed by atoms with Gasteiger partial charge in [-0.25, -0.2) is 0 Å². The van der Waals surface area contributed by atoms with E-state index in [0.29, 0.717) is 31.0 Å². The third-order valence-electron chi connectivity index (χ3n) is 4.14. The number of amides is 2. The lowest BCUT2D eigenvalue weighted by Crippen LogP contribution is -2.41. The summed E-state index contributed by atoms with van der Waals surface area (Å²) in [5.41, 5.74) is 1.28. The first kappa shape index (κ1) is 19.4. The Kier molecular flexibility index (Phi) is 7.88. The van der Waals surface area contributed by atoms with Crippen molar-refractivity contribution < 1.29 is 14.3 Å². The average molecular weight is 347 g/mol. The molecule has 0 unspecified atom stereocenters. The van der Waals surface area contributed by atoms with Gasteiger partial charge in [0, 0.05) is 37.4 Å². The highest BCUT2D eigenvalue weighted by Gasteiger charge is 2.16. The monoisotopic (exact) mass is 347 g/mol. The number of rotatable bonds is 8. The summed E-state index contributed by atoms with van der Waals surface area (Å²) >= 11 is 0. The van der Waals surface area contributed by atoms with Crippen LogP contribution in [0.3, 0.4) is 0 Å². The maximum absolute atomic E-state index is 12.7. The van der Waals surface area contributed by atoms with Crippen molar-refractivity contribution in [3.63, 3.8) is 0 Å². The first-order chi connectivity index (χ1) is 12.1. The number of carbonyl (C=O) groups excluding carboxylic acids is 2. The molecule has 1 aliphatic heterocycles. The van der Waals surface area contributed by atoms with Crippen LogP contribution in [-0.2, 0) is 9.53 Å². The van der Waals surface area contributed by atoms with Crippen LogP contribution in [0.5, 0.6) is 0 Å². The molecule has 2 amide bonds. The summed E-state index contributed by atoms with van der Waals surface area (Å²) in [4.78, 5) is 28.8. The van der Waals surface area contributed by atoms with E-state index >= 15 is 0 Å². The van der Waals surface area contributed by atoms with Crippen LogP contribution < -0.4 is 5.32 Å². The summed E-state index contributed by atoms with van der Waals surface area (Å²) in [5.74, 6) is -0.0431. The predicted molar refractivity (Wildman–Crippen MR) is 98.8 cm³/mol. The first-order valence-electron chi connectivity index (χ1n) is 9.13. The zero-order valence-electron chi connectivity index (χ0n) is 15.3. The van der Waals surface area contributed by atoms with E-state index in [2.05, 4.69) is 24.1 Å². The van der Waals surface area contributed by atoms with Gasteiger partial charge >= 0.3 is 0 Å². The van der Waals surface area contributed by atoms with Crippen LogP contribution in [0.4, 0.5) is 5.69 Å². The standard InChI is InChI=1S/C19H29N3O3/c1-3-8-22(9-4-2)19(24)16-6-5-7-17(14-16)20-18(23)15-21-10-12-25-13-11-21/h5-7,14H,3-4,8-13,15H2,1-2H3,(H,20,23). The Hall–Kier alpha value is -1.92. The SMILES string of the molecule is CCCN(CCC)C(=O)c1cccc(NC(=O)CN2CCOCC2)c1. The van der Waals surface area contributed by atoms with E-state index in [1.54, 1.807) is 12.1 Å². The quantitative estimate of drug-likeness (QED) is 0.783. The van der Waals surface area contributed by atoms with Crippen molar-refractivity contribution in [3.8, 4) is 0 Å². The summed E-state index contributed by atoms with van der Waals surface area (Å²) in [6.45, 7) is 8.87. The molecule has 1 heterocycles. The Labute approximate surface area is 150 Å². The van der Waals surface area contributed by atoms with Gasteiger partial charge in [-0.15, -0.1) is 0 Å². The van der Waals surface area contributed by atoms with Crippen molar-refractivity contribution in [2.45, 2.75) is 26.7 Å². The van der Waals surface area contributed by atoms with Gasteiger partial charge in [0.2, 0.25) is 5.91 Å². The van der Waals surface area contributed by atoms with E-state index in [1.165, 1.54) is 0 Å². The zero-order chi connectivity index (χ0) is 18.1. The van der Waals surface area contributed by atoms with Crippen LogP contribution in [0.25, 0.3) is 0 Å². The van der Waals surface area contributed by atoms with E-state index < -0.39 is 0 Å². The van der Waals surface area contributed by atoms with Crippen LogP contribution >= 0.6 is 0 Å². The molecule has 2 rings (SSSR count). The maximum atomic E-state index is 12.7. The zero-order valence-corrected chi connectivity index (χ0v) is 15.3. The molecule has 1 aromatic carbocycles. The molecule has 0 atom stereocenters. The van der Waals surface area contributed by atoms with Crippen LogP contribution in [0.15, 0.2) is 24.3 Å². The molecule has 0 bridgehead atoms. The molecule has 1 N–H and O–H groups in total. The minimum atomic E-state index is -0.0644. The van der Waals surface area contributed by atoms with E-state index in [4.69, 9.17) is 4.74 Å². The Bertz CT molecular complexity index is 565. The number of carbonyl (C=O) groups is 2. The number of hydrogen-bond donors (Lipinski definition) is 1. The van der Waals surface area contributed by atoms with Gasteiger partial charge in [-0.2, -0.15) is 0 Å². The van der Waals surface area contributed by atoms with Gasteiger partial charge in [0.05, 0.1) is 19.8 Å². The topological polar surface area (TPSA) is 61.9 Å². The van der Waals surface area contributed by atoms with Gasteiger partial charge in [0.15, 0.2) is 0 Å². The van der Waals surface area contributed by atoms with Gasteiger partial charge in [-0.3, -0.25) is 14.5 Å². The molecule has 0 saturated carbocycles. The van der Waals surface area contributed by atoms with Gasteiger partial charge < -0.3 is 15.0 Å². The molecule has 1 fully saturated rings. The number of anilines is 1. The fourth-order valence-electron chi connectivity index (χ4n) is 2.93. The van der Waals surface area contributed by atoms with Crippen molar-refractivity contribution >= 4 is 17.5 Å². The number of hydrogen-bond acceptors (Lipinski definition) is 4. The molecule has 25 heavy (non-hydrogen) atoms. The summed E-state index contributed by atoms with van der Waals surface area (Å²) in [6, 6.07) is 7.20. The molecule has 1 saturated heterocycles. The third-order valence-corrected chi connectivity index (χ3v) is 4.14. The average Bonchev–Trinajstić information content (AvgIpc) is 2.62. The highest BCUT2D eigenvalue weighted by molar-refractivity contribution is 5.97. The molecule has 6 nitrogen and oxygen atoms in total. The molecule has 1 aromatic rings.